The van der Waals surface area contributed by atoms with E-state index in [0.717, 1.165) is 11.3 Å². The van der Waals surface area contributed by atoms with Crippen LogP contribution in [0.15, 0.2) is 78.9 Å². The number of amides is 3. The fraction of sp³-hybridized carbons (Fsp3) is 0.231. The number of nitrogens with zero attached hydrogens (tertiary/aromatic N) is 2. The van der Waals surface area contributed by atoms with Crippen LogP contribution in [0.3, 0.4) is 0 Å². The molecule has 7 heteroatoms. The molecule has 0 bridgehead atoms. The first-order chi connectivity index (χ1) is 16.0. The molecule has 3 aromatic carbocycles. The maximum Gasteiger partial charge on any atom is 0.321 e. The number of piperidine rings is 1. The maximum atomic E-state index is 13.5. The number of aromatic hydroxyl groups is 2. The summed E-state index contributed by atoms with van der Waals surface area (Å²) in [6, 6.07) is 23.6. The molecule has 1 unspecified atom stereocenters. The SMILES string of the molecule is O=C(Nc1ccc(O)c(O)c1)N1CCC2(CC1)C(=O)N(c1ccccc1)C2c1ccccc1. The smallest absolute Gasteiger partial charge is 0.321 e. The Labute approximate surface area is 191 Å². The number of para-hydroxylation sites is 1. The molecule has 2 fully saturated rings. The third kappa shape index (κ3) is 3.55. The molecule has 3 aromatic rings. The van der Waals surface area contributed by atoms with E-state index in [1.807, 2.05) is 53.4 Å². The van der Waals surface area contributed by atoms with Gasteiger partial charge in [-0.3, -0.25) is 4.79 Å². The van der Waals surface area contributed by atoms with E-state index in [0.29, 0.717) is 31.6 Å². The summed E-state index contributed by atoms with van der Waals surface area (Å²) in [5, 5.41) is 21.9. The van der Waals surface area contributed by atoms with Crippen molar-refractivity contribution >= 4 is 23.3 Å². The topological polar surface area (TPSA) is 93.1 Å². The first-order valence-corrected chi connectivity index (χ1v) is 11.0. The molecule has 2 saturated heterocycles. The summed E-state index contributed by atoms with van der Waals surface area (Å²) in [6.07, 6.45) is 1.14. The number of hydrogen-bond donors (Lipinski definition) is 3. The second-order valence-electron chi connectivity index (χ2n) is 8.60. The van der Waals surface area contributed by atoms with Gasteiger partial charge in [0.05, 0.1) is 11.5 Å². The van der Waals surface area contributed by atoms with E-state index in [9.17, 15) is 19.8 Å². The van der Waals surface area contributed by atoms with Gasteiger partial charge in [-0.15, -0.1) is 0 Å². The van der Waals surface area contributed by atoms with Gasteiger partial charge in [-0.05, 0) is 42.7 Å². The number of carbonyl (C=O) groups excluding carboxylic acids is 2. The largest absolute Gasteiger partial charge is 0.504 e. The summed E-state index contributed by atoms with van der Waals surface area (Å²) in [5.74, 6) is -0.436. The van der Waals surface area contributed by atoms with Crippen molar-refractivity contribution in [3.05, 3.63) is 84.4 Å². The summed E-state index contributed by atoms with van der Waals surface area (Å²) in [5.41, 5.74) is 1.84. The van der Waals surface area contributed by atoms with E-state index >= 15 is 0 Å². The predicted octanol–water partition coefficient (Wildman–Crippen LogP) is 4.50. The van der Waals surface area contributed by atoms with E-state index in [4.69, 9.17) is 0 Å². The van der Waals surface area contributed by atoms with Crippen molar-refractivity contribution in [1.82, 2.24) is 4.90 Å². The lowest BCUT2D eigenvalue weighted by Crippen LogP contribution is -2.67. The highest BCUT2D eigenvalue weighted by molar-refractivity contribution is 6.06. The van der Waals surface area contributed by atoms with Crippen LogP contribution in [0.25, 0.3) is 0 Å². The molecule has 2 aliphatic rings. The molecule has 1 atom stereocenters. The monoisotopic (exact) mass is 443 g/mol. The molecular formula is C26H25N3O4. The number of nitrogens with one attached hydrogen (secondary N) is 1. The second kappa shape index (κ2) is 8.16. The quantitative estimate of drug-likeness (QED) is 0.316. The number of phenols is 2. The van der Waals surface area contributed by atoms with Crippen molar-refractivity contribution in [1.29, 1.82) is 0 Å². The van der Waals surface area contributed by atoms with Crippen LogP contribution in [0, 0.1) is 5.41 Å². The number of benzene rings is 3. The maximum absolute atomic E-state index is 13.5. The van der Waals surface area contributed by atoms with Crippen molar-refractivity contribution in [2.75, 3.05) is 23.3 Å². The number of anilines is 2. The first kappa shape index (κ1) is 20.9. The number of urea groups is 1. The van der Waals surface area contributed by atoms with Crippen LogP contribution >= 0.6 is 0 Å². The number of phenolic OH excluding ortho intramolecular Hbond substituents is 2. The summed E-state index contributed by atoms with van der Waals surface area (Å²) in [4.78, 5) is 29.9. The van der Waals surface area contributed by atoms with Crippen molar-refractivity contribution in [3.8, 4) is 11.5 Å². The Balaban J connectivity index is 1.34. The van der Waals surface area contributed by atoms with Gasteiger partial charge < -0.3 is 25.3 Å². The highest BCUT2D eigenvalue weighted by atomic mass is 16.3. The van der Waals surface area contributed by atoms with Crippen LogP contribution in [-0.4, -0.2) is 40.1 Å². The van der Waals surface area contributed by atoms with Gasteiger partial charge in [-0.2, -0.15) is 0 Å². The average molecular weight is 444 g/mol. The minimum absolute atomic E-state index is 0.0761. The third-order valence-corrected chi connectivity index (χ3v) is 6.75. The molecule has 0 aromatic heterocycles. The van der Waals surface area contributed by atoms with Gasteiger partial charge in [-0.1, -0.05) is 48.5 Å². The average Bonchev–Trinajstić information content (AvgIpc) is 2.85. The number of β-lactam (4-membered cyclic amide) rings is 1. The van der Waals surface area contributed by atoms with E-state index in [1.165, 1.54) is 18.2 Å². The molecule has 7 nitrogen and oxygen atoms in total. The van der Waals surface area contributed by atoms with Crippen LogP contribution in [-0.2, 0) is 4.79 Å². The van der Waals surface area contributed by atoms with Gasteiger partial charge in [-0.25, -0.2) is 4.79 Å². The molecule has 168 valence electrons. The molecule has 33 heavy (non-hydrogen) atoms. The molecule has 3 amide bonds. The molecule has 3 N–H and O–H groups in total. The van der Waals surface area contributed by atoms with Crippen LogP contribution in [0.4, 0.5) is 16.2 Å². The van der Waals surface area contributed by atoms with Gasteiger partial charge in [0.15, 0.2) is 11.5 Å². The van der Waals surface area contributed by atoms with Gasteiger partial charge >= 0.3 is 6.03 Å². The van der Waals surface area contributed by atoms with E-state index in [1.54, 1.807) is 4.90 Å². The normalized spacial score (nSPS) is 19.3. The van der Waals surface area contributed by atoms with E-state index < -0.39 is 5.41 Å². The standard InChI is InChI=1S/C26H25N3O4/c30-21-12-11-19(17-22(21)31)27-25(33)28-15-13-26(14-16-28)23(18-7-3-1-4-8-18)29(24(26)32)20-9-5-2-6-10-20/h1-12,17,23,30-31H,13-16H2,(H,27,33). The third-order valence-electron chi connectivity index (χ3n) is 6.75. The molecule has 5 rings (SSSR count). The van der Waals surface area contributed by atoms with Gasteiger partial charge in [0.25, 0.3) is 0 Å². The second-order valence-corrected chi connectivity index (χ2v) is 8.60. The first-order valence-electron chi connectivity index (χ1n) is 11.0. The molecule has 0 aliphatic carbocycles. The van der Waals surface area contributed by atoms with Crippen molar-refractivity contribution < 1.29 is 19.8 Å². The minimum Gasteiger partial charge on any atom is -0.504 e. The van der Waals surface area contributed by atoms with Crippen molar-refractivity contribution in [2.45, 2.75) is 18.9 Å². The summed E-state index contributed by atoms with van der Waals surface area (Å²) in [7, 11) is 0. The Hall–Kier alpha value is -4.00. The van der Waals surface area contributed by atoms with Crippen LogP contribution in [0.5, 0.6) is 11.5 Å². The number of carbonyl (C=O) groups is 2. The van der Waals surface area contributed by atoms with Crippen molar-refractivity contribution in [2.24, 2.45) is 5.41 Å². The summed E-state index contributed by atoms with van der Waals surface area (Å²) in [6.45, 7) is 0.904. The zero-order valence-corrected chi connectivity index (χ0v) is 18.0. The van der Waals surface area contributed by atoms with Crippen LogP contribution in [0.1, 0.15) is 24.4 Å². The predicted molar refractivity (Wildman–Crippen MR) is 125 cm³/mol. The lowest BCUT2D eigenvalue weighted by atomic mass is 9.62. The minimum atomic E-state index is -0.537. The molecule has 2 aliphatic heterocycles. The van der Waals surface area contributed by atoms with Gasteiger partial charge in [0.1, 0.15) is 0 Å². The Morgan fingerprint density at radius 1 is 0.879 bits per heavy atom. The Bertz CT molecular complexity index is 1170. The van der Waals surface area contributed by atoms with E-state index in [2.05, 4.69) is 17.4 Å². The number of likely N-dealkylation sites (tertiary alicyclic amines) is 1. The lowest BCUT2D eigenvalue weighted by Gasteiger charge is -2.59. The van der Waals surface area contributed by atoms with Crippen LogP contribution in [0.2, 0.25) is 0 Å². The highest BCUT2D eigenvalue weighted by Gasteiger charge is 2.62. The zero-order chi connectivity index (χ0) is 23.0. The Kier molecular flexibility index (Phi) is 5.17. The number of rotatable bonds is 3. The lowest BCUT2D eigenvalue weighted by molar-refractivity contribution is -0.144. The summed E-state index contributed by atoms with van der Waals surface area (Å²) >= 11 is 0. The molecule has 2 heterocycles. The molecule has 1 spiro atoms. The zero-order valence-electron chi connectivity index (χ0n) is 18.0. The van der Waals surface area contributed by atoms with Gasteiger partial charge in [0, 0.05) is 30.5 Å². The Morgan fingerprint density at radius 3 is 2.15 bits per heavy atom. The van der Waals surface area contributed by atoms with E-state index in [-0.39, 0.29) is 29.5 Å². The molecular weight excluding hydrogens is 418 g/mol. The molecule has 0 radical (unpaired) electrons. The van der Waals surface area contributed by atoms with Crippen LogP contribution < -0.4 is 10.2 Å². The summed E-state index contributed by atoms with van der Waals surface area (Å²) < 4.78 is 0. The molecule has 0 saturated carbocycles. The highest BCUT2D eigenvalue weighted by Crippen LogP contribution is 2.57. The van der Waals surface area contributed by atoms with Gasteiger partial charge in [0.2, 0.25) is 5.91 Å². The van der Waals surface area contributed by atoms with Crippen molar-refractivity contribution in [3.63, 3.8) is 0 Å². The number of hydrogen-bond acceptors (Lipinski definition) is 4. The Morgan fingerprint density at radius 2 is 1.52 bits per heavy atom. The fourth-order valence-electron chi connectivity index (χ4n) is 5.01. The fourth-order valence-corrected chi connectivity index (χ4v) is 5.01.